The SMILES string of the molecule is Cc1ccc2c(c1)nc1c3cc(Oc4ccccc4)c4c5ccc6c(=O)n7c8cc(C)ccc8nc7c7cc(Oc8ccc(S(=O)(=O)O)cc8)c(c8ccc(c(=O)n21)c3c84)c5c67. The van der Waals surface area contributed by atoms with E-state index in [0.29, 0.717) is 88.7 Å². The van der Waals surface area contributed by atoms with Gasteiger partial charge in [0.1, 0.15) is 34.3 Å². The minimum Gasteiger partial charge on any atom is -0.457 e. The number of fused-ring (bicyclic) bond motifs is 10. The van der Waals surface area contributed by atoms with E-state index in [1.807, 2.05) is 117 Å². The number of aryl methyl sites for hydroxylation is 2. The fourth-order valence-electron chi connectivity index (χ4n) is 9.71. The second-order valence-corrected chi connectivity index (χ2v) is 17.4. The van der Waals surface area contributed by atoms with Crippen molar-refractivity contribution in [3.8, 4) is 23.0 Å². The lowest BCUT2D eigenvalue weighted by molar-refractivity contribution is 0.480. The molecule has 0 atom stereocenters. The number of aromatic nitrogens is 4. The highest BCUT2D eigenvalue weighted by Gasteiger charge is 2.28. The van der Waals surface area contributed by atoms with Crippen molar-refractivity contribution < 1.29 is 22.4 Å². The molecule has 296 valence electrons. The molecule has 0 amide bonds. The first-order valence-electron chi connectivity index (χ1n) is 19.9. The number of imidazole rings is 2. The Morgan fingerprint density at radius 2 is 1.00 bits per heavy atom. The maximum atomic E-state index is 14.8. The van der Waals surface area contributed by atoms with Crippen molar-refractivity contribution in [2.45, 2.75) is 18.7 Å². The normalized spacial score (nSPS) is 12.7. The molecule has 0 aliphatic carbocycles. The molecule has 4 heterocycles. The molecule has 13 aromatic rings. The zero-order valence-electron chi connectivity index (χ0n) is 32.7. The van der Waals surface area contributed by atoms with Crippen LogP contribution < -0.4 is 20.6 Å². The van der Waals surface area contributed by atoms with Crippen molar-refractivity contribution in [1.29, 1.82) is 0 Å². The van der Waals surface area contributed by atoms with Gasteiger partial charge >= 0.3 is 0 Å². The lowest BCUT2D eigenvalue weighted by Crippen LogP contribution is -2.14. The van der Waals surface area contributed by atoms with Crippen LogP contribution in [0.5, 0.6) is 23.0 Å². The Labute approximate surface area is 349 Å². The molecule has 0 bridgehead atoms. The van der Waals surface area contributed by atoms with Gasteiger partial charge < -0.3 is 9.47 Å². The van der Waals surface area contributed by atoms with Crippen molar-refractivity contribution in [3.05, 3.63) is 159 Å². The maximum absolute atomic E-state index is 14.8. The third-order valence-corrected chi connectivity index (χ3v) is 13.2. The summed E-state index contributed by atoms with van der Waals surface area (Å²) in [6.07, 6.45) is 0. The Bertz CT molecular complexity index is 4360. The van der Waals surface area contributed by atoms with E-state index >= 15 is 0 Å². The number of pyridine rings is 2. The summed E-state index contributed by atoms with van der Waals surface area (Å²) in [7, 11) is -4.47. The van der Waals surface area contributed by atoms with Gasteiger partial charge in [-0.05, 0) is 121 Å². The number of nitrogens with zero attached hydrogens (tertiary/aromatic N) is 4. The smallest absolute Gasteiger partial charge is 0.294 e. The van der Waals surface area contributed by atoms with Crippen LogP contribution in [-0.4, -0.2) is 31.7 Å². The molecule has 9 aromatic carbocycles. The lowest BCUT2D eigenvalue weighted by atomic mass is 9.85. The van der Waals surface area contributed by atoms with Gasteiger partial charge in [-0.15, -0.1) is 0 Å². The Balaban J connectivity index is 1.26. The molecule has 0 aliphatic heterocycles. The summed E-state index contributed by atoms with van der Waals surface area (Å²) in [4.78, 5) is 39.3. The van der Waals surface area contributed by atoms with Crippen molar-refractivity contribution in [1.82, 2.24) is 18.8 Å². The highest BCUT2D eigenvalue weighted by Crippen LogP contribution is 2.52. The molecule has 0 spiro atoms. The topological polar surface area (TPSA) is 142 Å². The molecule has 11 nitrogen and oxygen atoms in total. The Hall–Kier alpha value is -7.93. The molecular weight excluding hydrogens is 801 g/mol. The van der Waals surface area contributed by atoms with Gasteiger partial charge in [0, 0.05) is 53.9 Å². The fraction of sp³-hybridized carbons (Fsp3) is 0.0400. The van der Waals surface area contributed by atoms with E-state index in [4.69, 9.17) is 19.4 Å². The van der Waals surface area contributed by atoms with E-state index < -0.39 is 10.1 Å². The summed E-state index contributed by atoms with van der Waals surface area (Å²) in [6, 6.07) is 38.1. The molecule has 0 saturated heterocycles. The average Bonchev–Trinajstić information content (AvgIpc) is 3.84. The predicted octanol–water partition coefficient (Wildman–Crippen LogP) is 10.7. The molecule has 0 radical (unpaired) electrons. The minimum absolute atomic E-state index is 0.209. The third kappa shape index (κ3) is 4.59. The molecule has 62 heavy (non-hydrogen) atoms. The van der Waals surface area contributed by atoms with E-state index in [-0.39, 0.29) is 16.0 Å². The van der Waals surface area contributed by atoms with Crippen LogP contribution in [0.15, 0.2) is 142 Å². The van der Waals surface area contributed by atoms with Gasteiger partial charge in [0.25, 0.3) is 21.2 Å². The Morgan fingerprint density at radius 3 is 1.60 bits per heavy atom. The molecule has 0 fully saturated rings. The highest BCUT2D eigenvalue weighted by molar-refractivity contribution is 7.85. The molecule has 0 unspecified atom stereocenters. The molecule has 0 aliphatic rings. The largest absolute Gasteiger partial charge is 0.457 e. The van der Waals surface area contributed by atoms with E-state index in [9.17, 15) is 22.6 Å². The monoisotopic (exact) mass is 828 g/mol. The van der Waals surface area contributed by atoms with Crippen LogP contribution in [0.3, 0.4) is 0 Å². The third-order valence-electron chi connectivity index (χ3n) is 12.3. The summed E-state index contributed by atoms with van der Waals surface area (Å²) in [6.45, 7) is 3.96. The van der Waals surface area contributed by atoms with Gasteiger partial charge in [-0.1, -0.05) is 42.5 Å². The van der Waals surface area contributed by atoms with Crippen LogP contribution in [0.1, 0.15) is 11.1 Å². The summed E-state index contributed by atoms with van der Waals surface area (Å²) < 4.78 is 50.8. The van der Waals surface area contributed by atoms with Crippen molar-refractivity contribution in [3.63, 3.8) is 0 Å². The van der Waals surface area contributed by atoms with Gasteiger partial charge in [-0.3, -0.25) is 22.9 Å². The summed E-state index contributed by atoms with van der Waals surface area (Å²) in [5, 5.41) is 8.12. The zero-order chi connectivity index (χ0) is 41.9. The van der Waals surface area contributed by atoms with Crippen LogP contribution >= 0.6 is 0 Å². The molecule has 13 rings (SSSR count). The van der Waals surface area contributed by atoms with E-state index in [1.54, 1.807) is 8.80 Å². The van der Waals surface area contributed by atoms with Gasteiger partial charge in [0.2, 0.25) is 0 Å². The zero-order valence-corrected chi connectivity index (χ0v) is 33.5. The Morgan fingerprint density at radius 1 is 0.484 bits per heavy atom. The Kier molecular flexibility index (Phi) is 6.68. The first-order valence-corrected chi connectivity index (χ1v) is 21.3. The molecule has 0 saturated carbocycles. The number of hydrogen-bond donors (Lipinski definition) is 1. The van der Waals surface area contributed by atoms with Gasteiger partial charge in [0.05, 0.1) is 27.0 Å². The summed E-state index contributed by atoms with van der Waals surface area (Å²) in [5.41, 5.74) is 5.26. The maximum Gasteiger partial charge on any atom is 0.294 e. The molecule has 4 aromatic heterocycles. The van der Waals surface area contributed by atoms with Gasteiger partial charge in [-0.2, -0.15) is 8.42 Å². The molecule has 1 N–H and O–H groups in total. The molecule has 12 heteroatoms. The van der Waals surface area contributed by atoms with Crippen molar-refractivity contribution >= 4 is 108 Å². The first kappa shape index (κ1) is 34.9. The van der Waals surface area contributed by atoms with Crippen LogP contribution in [0.4, 0.5) is 0 Å². The summed E-state index contributed by atoms with van der Waals surface area (Å²) in [5.74, 6) is 1.83. The number of rotatable bonds is 5. The van der Waals surface area contributed by atoms with Crippen molar-refractivity contribution in [2.75, 3.05) is 0 Å². The van der Waals surface area contributed by atoms with Crippen LogP contribution in [-0.2, 0) is 10.1 Å². The highest BCUT2D eigenvalue weighted by atomic mass is 32.2. The minimum atomic E-state index is -4.47. The number of para-hydroxylation sites is 1. The standard InChI is InChI=1S/C50H28N4O7S/c1-24-9-19-37-36(20-24)52-48-34-23-39(60-26-6-4-3-5-7-26)43-29-15-17-32-42-33(47-51-35-18-8-25(2)21-38(35)54(47)50(32)56)22-40(61-27-10-12-28(13-11-27)62(57,58)59)44(46(29)42)30-14-16-31(41(34)45(30)43)49(55)53(37)48/h3-23H,1-2H3,(H,57,58,59). The number of hydrogen-bond acceptors (Lipinski definition) is 8. The lowest BCUT2D eigenvalue weighted by Gasteiger charge is -2.22. The van der Waals surface area contributed by atoms with Crippen LogP contribution in [0.25, 0.3) is 98.0 Å². The fourth-order valence-corrected chi connectivity index (χ4v) is 10.2. The summed E-state index contributed by atoms with van der Waals surface area (Å²) >= 11 is 0. The second kappa shape index (κ2) is 11.9. The number of ether oxygens (including phenoxy) is 2. The quantitative estimate of drug-likeness (QED) is 0.102. The van der Waals surface area contributed by atoms with Crippen LogP contribution in [0, 0.1) is 13.8 Å². The van der Waals surface area contributed by atoms with E-state index in [1.165, 1.54) is 24.3 Å². The van der Waals surface area contributed by atoms with Crippen molar-refractivity contribution in [2.24, 2.45) is 0 Å². The molecular formula is C50H28N4O7S. The van der Waals surface area contributed by atoms with E-state index in [2.05, 4.69) is 0 Å². The first-order chi connectivity index (χ1) is 30.0. The number of benzene rings is 9. The predicted molar refractivity (Wildman–Crippen MR) is 242 cm³/mol. The second-order valence-electron chi connectivity index (χ2n) is 16.0. The van der Waals surface area contributed by atoms with E-state index in [0.717, 1.165) is 43.4 Å². The average molecular weight is 829 g/mol. The van der Waals surface area contributed by atoms with Gasteiger partial charge in [0.15, 0.2) is 0 Å². The van der Waals surface area contributed by atoms with Crippen LogP contribution in [0.2, 0.25) is 0 Å². The van der Waals surface area contributed by atoms with Gasteiger partial charge in [-0.25, -0.2) is 9.97 Å².